The largest absolute Gasteiger partial charge is 0.373 e. The smallest absolute Gasteiger partial charge is 0.126 e. The lowest BCUT2D eigenvalue weighted by atomic mass is 9.90. The standard InChI is InChI=1S/C14H22N2.C13H17N3.CH6N2/c1-4-13-5-6-14(15-13)12-7-9-16(10-8-12)11(2)3;1-13(2,14)11-5-4-9-8-16-12(15-3)7-10(9)6-11;1-3-2/h4-5,11-12H,1,6-10H2,2-3H3;4-8H,14H2,1-3H3,(H,15,16);3H,2H2,1H3. The number of hydrazine groups is 1. The van der Waals surface area contributed by atoms with Crippen molar-refractivity contribution < 1.29 is 0 Å². The summed E-state index contributed by atoms with van der Waals surface area (Å²) in [6.07, 6.45) is 9.51. The van der Waals surface area contributed by atoms with E-state index in [1.165, 1.54) is 31.6 Å². The molecule has 0 amide bonds. The number of allylic oxidation sites excluding steroid dienone is 2. The predicted molar refractivity (Wildman–Crippen MR) is 152 cm³/mol. The summed E-state index contributed by atoms with van der Waals surface area (Å²) in [5, 5.41) is 5.33. The molecule has 0 unspecified atom stereocenters. The van der Waals surface area contributed by atoms with E-state index in [2.05, 4.69) is 76.2 Å². The monoisotopic (exact) mass is 479 g/mol. The molecule has 2 aliphatic heterocycles. The van der Waals surface area contributed by atoms with Gasteiger partial charge in [-0.25, -0.2) is 4.98 Å². The summed E-state index contributed by atoms with van der Waals surface area (Å²) in [5.41, 5.74) is 11.6. The van der Waals surface area contributed by atoms with Crippen LogP contribution >= 0.6 is 0 Å². The highest BCUT2D eigenvalue weighted by Crippen LogP contribution is 2.26. The Bertz CT molecular complexity index is 1010. The van der Waals surface area contributed by atoms with E-state index in [0.717, 1.165) is 34.3 Å². The second-order valence-corrected chi connectivity index (χ2v) is 9.94. The van der Waals surface area contributed by atoms with E-state index >= 15 is 0 Å². The molecule has 192 valence electrons. The molecule has 7 nitrogen and oxygen atoms in total. The number of piperidine rings is 1. The van der Waals surface area contributed by atoms with Gasteiger partial charge in [-0.15, -0.1) is 0 Å². The summed E-state index contributed by atoms with van der Waals surface area (Å²) in [6, 6.07) is 8.96. The minimum absolute atomic E-state index is 0.308. The van der Waals surface area contributed by atoms with E-state index in [4.69, 9.17) is 5.73 Å². The molecule has 6 N–H and O–H groups in total. The Hall–Kier alpha value is -2.58. The van der Waals surface area contributed by atoms with Gasteiger partial charge in [0, 0.05) is 48.3 Å². The molecule has 0 radical (unpaired) electrons. The number of nitrogens with one attached hydrogen (secondary N) is 2. The van der Waals surface area contributed by atoms with Crippen LogP contribution in [0.4, 0.5) is 5.82 Å². The second kappa shape index (κ2) is 13.5. The fraction of sp³-hybridized carbons (Fsp3) is 0.500. The van der Waals surface area contributed by atoms with Crippen LogP contribution in [0.5, 0.6) is 0 Å². The SMILES string of the molecule is C=CC1=CCC(C2CCN(C(C)C)CC2)=N1.CNN.CNc1cc2cc(C(C)(C)N)ccc2cn1. The number of hydrogen-bond acceptors (Lipinski definition) is 7. The molecule has 2 aromatic rings. The van der Waals surface area contributed by atoms with E-state index in [9.17, 15) is 0 Å². The lowest BCUT2D eigenvalue weighted by molar-refractivity contribution is 0.169. The van der Waals surface area contributed by atoms with Gasteiger partial charge in [0.1, 0.15) is 5.82 Å². The number of anilines is 1. The lowest BCUT2D eigenvalue weighted by Gasteiger charge is -2.34. The summed E-state index contributed by atoms with van der Waals surface area (Å²) < 4.78 is 0. The Labute approximate surface area is 211 Å². The van der Waals surface area contributed by atoms with E-state index in [1.54, 1.807) is 7.05 Å². The Morgan fingerprint density at radius 3 is 2.31 bits per heavy atom. The molecule has 3 heterocycles. The van der Waals surface area contributed by atoms with Crippen LogP contribution in [-0.4, -0.2) is 48.8 Å². The van der Waals surface area contributed by atoms with Crippen molar-refractivity contribution in [3.05, 3.63) is 60.5 Å². The van der Waals surface area contributed by atoms with Crippen LogP contribution in [0.2, 0.25) is 0 Å². The summed E-state index contributed by atoms with van der Waals surface area (Å²) in [4.78, 5) is 11.5. The fourth-order valence-electron chi connectivity index (χ4n) is 4.28. The van der Waals surface area contributed by atoms with Crippen LogP contribution in [0.3, 0.4) is 0 Å². The quantitative estimate of drug-likeness (QED) is 0.370. The molecule has 0 atom stereocenters. The molecule has 0 aliphatic carbocycles. The first-order valence-corrected chi connectivity index (χ1v) is 12.5. The van der Waals surface area contributed by atoms with Crippen molar-refractivity contribution in [3.8, 4) is 0 Å². The van der Waals surface area contributed by atoms with Crippen molar-refractivity contribution >= 4 is 22.3 Å². The number of benzene rings is 1. The summed E-state index contributed by atoms with van der Waals surface area (Å²) in [5.74, 6) is 6.18. The second-order valence-electron chi connectivity index (χ2n) is 9.94. The Balaban J connectivity index is 0.000000222. The molecule has 1 aromatic heterocycles. The summed E-state index contributed by atoms with van der Waals surface area (Å²) in [6.45, 7) is 14.8. The number of likely N-dealkylation sites (tertiary alicyclic amines) is 1. The number of nitrogens with two attached hydrogens (primary N) is 2. The average Bonchev–Trinajstić information content (AvgIpc) is 3.33. The lowest BCUT2D eigenvalue weighted by Crippen LogP contribution is -2.40. The molecule has 4 rings (SSSR count). The highest BCUT2D eigenvalue weighted by atomic mass is 15.2. The number of aromatic nitrogens is 1. The number of aliphatic imine (C=N–C) groups is 1. The molecule has 1 aromatic carbocycles. The van der Waals surface area contributed by atoms with Crippen LogP contribution in [0, 0.1) is 5.92 Å². The van der Waals surface area contributed by atoms with Crippen molar-refractivity contribution in [3.63, 3.8) is 0 Å². The van der Waals surface area contributed by atoms with E-state index in [-0.39, 0.29) is 5.54 Å². The number of fused-ring (bicyclic) bond motifs is 1. The van der Waals surface area contributed by atoms with Crippen molar-refractivity contribution in [2.24, 2.45) is 22.5 Å². The van der Waals surface area contributed by atoms with Gasteiger partial charge in [-0.3, -0.25) is 16.3 Å². The fourth-order valence-corrected chi connectivity index (χ4v) is 4.28. The zero-order valence-electron chi connectivity index (χ0n) is 22.4. The van der Waals surface area contributed by atoms with Crippen LogP contribution < -0.4 is 22.3 Å². The van der Waals surface area contributed by atoms with Crippen LogP contribution in [0.1, 0.15) is 52.5 Å². The maximum atomic E-state index is 6.09. The Kier molecular flexibility index (Phi) is 11.0. The highest BCUT2D eigenvalue weighted by molar-refractivity contribution is 5.91. The van der Waals surface area contributed by atoms with Gasteiger partial charge in [-0.1, -0.05) is 24.8 Å². The summed E-state index contributed by atoms with van der Waals surface area (Å²) in [7, 11) is 3.52. The molecule has 0 saturated carbocycles. The number of pyridine rings is 1. The number of hydrogen-bond donors (Lipinski definition) is 4. The van der Waals surface area contributed by atoms with Crippen molar-refractivity contribution in [1.29, 1.82) is 0 Å². The van der Waals surface area contributed by atoms with Gasteiger partial charge in [0.2, 0.25) is 0 Å². The molecule has 1 fully saturated rings. The summed E-state index contributed by atoms with van der Waals surface area (Å²) >= 11 is 0. The minimum Gasteiger partial charge on any atom is -0.373 e. The molecular formula is C28H45N7. The molecule has 2 aliphatic rings. The molecule has 35 heavy (non-hydrogen) atoms. The van der Waals surface area contributed by atoms with Gasteiger partial charge < -0.3 is 16.0 Å². The van der Waals surface area contributed by atoms with E-state index in [1.807, 2.05) is 39.2 Å². The minimum atomic E-state index is -0.308. The van der Waals surface area contributed by atoms with Crippen molar-refractivity contribution in [2.75, 3.05) is 32.5 Å². The highest BCUT2D eigenvalue weighted by Gasteiger charge is 2.25. The van der Waals surface area contributed by atoms with Gasteiger partial charge >= 0.3 is 0 Å². The van der Waals surface area contributed by atoms with Gasteiger partial charge in [-0.05, 0) is 89.8 Å². The third kappa shape index (κ3) is 8.54. The maximum absolute atomic E-state index is 6.09. The van der Waals surface area contributed by atoms with Crippen LogP contribution in [-0.2, 0) is 5.54 Å². The third-order valence-electron chi connectivity index (χ3n) is 6.46. The molecule has 1 saturated heterocycles. The topological polar surface area (TPSA) is 105 Å². The van der Waals surface area contributed by atoms with Crippen LogP contribution in [0.15, 0.2) is 59.9 Å². The number of nitrogens with zero attached hydrogens (tertiary/aromatic N) is 3. The maximum Gasteiger partial charge on any atom is 0.126 e. The van der Waals surface area contributed by atoms with E-state index in [0.29, 0.717) is 12.0 Å². The average molecular weight is 480 g/mol. The normalized spacial score (nSPS) is 16.6. The molecule has 7 heteroatoms. The third-order valence-corrected chi connectivity index (χ3v) is 6.46. The number of rotatable bonds is 5. The zero-order chi connectivity index (χ0) is 26.0. The first-order valence-electron chi connectivity index (χ1n) is 12.5. The first-order chi connectivity index (χ1) is 16.6. The molecule has 0 spiro atoms. The molecular weight excluding hydrogens is 434 g/mol. The molecule has 0 bridgehead atoms. The zero-order valence-corrected chi connectivity index (χ0v) is 22.4. The van der Waals surface area contributed by atoms with Crippen molar-refractivity contribution in [1.82, 2.24) is 15.3 Å². The predicted octanol–water partition coefficient (Wildman–Crippen LogP) is 4.57. The Morgan fingerprint density at radius 1 is 1.14 bits per heavy atom. The first kappa shape index (κ1) is 28.7. The van der Waals surface area contributed by atoms with Gasteiger partial charge in [0.25, 0.3) is 0 Å². The van der Waals surface area contributed by atoms with Gasteiger partial charge in [0.15, 0.2) is 0 Å². The van der Waals surface area contributed by atoms with Crippen molar-refractivity contribution in [2.45, 2.75) is 58.5 Å². The van der Waals surface area contributed by atoms with E-state index < -0.39 is 0 Å². The van der Waals surface area contributed by atoms with Crippen LogP contribution in [0.25, 0.3) is 10.8 Å². The van der Waals surface area contributed by atoms with Gasteiger partial charge in [0.05, 0.1) is 5.70 Å². The van der Waals surface area contributed by atoms with Gasteiger partial charge in [-0.2, -0.15) is 0 Å². The Morgan fingerprint density at radius 2 is 1.80 bits per heavy atom.